The van der Waals surface area contributed by atoms with Crippen LogP contribution in [-0.2, 0) is 4.74 Å². The van der Waals surface area contributed by atoms with Gasteiger partial charge >= 0.3 is 12.0 Å². The summed E-state index contributed by atoms with van der Waals surface area (Å²) in [5.41, 5.74) is 0.387. The summed E-state index contributed by atoms with van der Waals surface area (Å²) in [5, 5.41) is 11.9. The van der Waals surface area contributed by atoms with Crippen LogP contribution in [0.4, 0.5) is 10.5 Å². The number of carbonyl (C=O) groups excluding carboxylic acids is 1. The maximum Gasteiger partial charge on any atom is 0.335 e. The Morgan fingerprint density at radius 1 is 1.38 bits per heavy atom. The van der Waals surface area contributed by atoms with E-state index in [-0.39, 0.29) is 28.8 Å². The third-order valence-electron chi connectivity index (χ3n) is 3.26. The average molecular weight is 313 g/mol. The van der Waals surface area contributed by atoms with E-state index in [4.69, 9.17) is 21.4 Å². The first-order valence-corrected chi connectivity index (χ1v) is 6.97. The molecule has 1 aliphatic rings. The van der Waals surface area contributed by atoms with Gasteiger partial charge in [-0.05, 0) is 32.0 Å². The molecule has 0 spiro atoms. The van der Waals surface area contributed by atoms with E-state index in [9.17, 15) is 9.59 Å². The quantitative estimate of drug-likeness (QED) is 0.880. The van der Waals surface area contributed by atoms with Gasteiger partial charge in [-0.3, -0.25) is 0 Å². The summed E-state index contributed by atoms with van der Waals surface area (Å²) in [4.78, 5) is 24.9. The second-order valence-corrected chi connectivity index (χ2v) is 5.55. The molecule has 21 heavy (non-hydrogen) atoms. The zero-order chi connectivity index (χ0) is 15.6. The van der Waals surface area contributed by atoms with Crippen molar-refractivity contribution in [2.45, 2.75) is 26.0 Å². The van der Waals surface area contributed by atoms with Gasteiger partial charge in [-0.25, -0.2) is 9.59 Å². The Kier molecular flexibility index (Phi) is 4.69. The van der Waals surface area contributed by atoms with E-state index in [1.54, 1.807) is 4.90 Å². The number of hydrogen-bond donors (Lipinski definition) is 2. The Balaban J connectivity index is 2.13. The van der Waals surface area contributed by atoms with Crippen LogP contribution in [0.25, 0.3) is 0 Å². The van der Waals surface area contributed by atoms with Gasteiger partial charge in [0, 0.05) is 17.3 Å². The minimum absolute atomic E-state index is 0.0270. The summed E-state index contributed by atoms with van der Waals surface area (Å²) in [6.07, 6.45) is -0.0270. The predicted molar refractivity (Wildman–Crippen MR) is 79.0 cm³/mol. The minimum Gasteiger partial charge on any atom is -0.478 e. The Hall–Kier alpha value is -1.79. The number of aromatic carboxylic acids is 1. The Labute approximate surface area is 127 Å². The van der Waals surface area contributed by atoms with E-state index in [1.807, 2.05) is 13.8 Å². The van der Waals surface area contributed by atoms with Crippen molar-refractivity contribution >= 4 is 29.3 Å². The fourth-order valence-corrected chi connectivity index (χ4v) is 2.40. The number of rotatable bonds is 2. The number of morpholine rings is 1. The van der Waals surface area contributed by atoms with Gasteiger partial charge in [0.25, 0.3) is 0 Å². The van der Waals surface area contributed by atoms with Crippen LogP contribution >= 0.6 is 11.6 Å². The van der Waals surface area contributed by atoms with Crippen LogP contribution in [0.1, 0.15) is 24.2 Å². The summed E-state index contributed by atoms with van der Waals surface area (Å²) in [5.74, 6) is -1.10. The van der Waals surface area contributed by atoms with E-state index in [2.05, 4.69) is 5.32 Å². The molecular formula is C14H17ClN2O4. The number of urea groups is 1. The molecule has 6 nitrogen and oxygen atoms in total. The molecule has 0 radical (unpaired) electrons. The highest BCUT2D eigenvalue weighted by Crippen LogP contribution is 2.20. The molecule has 2 atom stereocenters. The van der Waals surface area contributed by atoms with Crippen molar-refractivity contribution in [2.75, 3.05) is 18.5 Å². The molecule has 1 heterocycles. The van der Waals surface area contributed by atoms with Gasteiger partial charge in [0.05, 0.1) is 24.3 Å². The van der Waals surface area contributed by atoms with Crippen LogP contribution in [0.2, 0.25) is 5.02 Å². The maximum atomic E-state index is 12.3. The van der Waals surface area contributed by atoms with E-state index >= 15 is 0 Å². The average Bonchev–Trinajstić information content (AvgIpc) is 2.40. The number of anilines is 1. The van der Waals surface area contributed by atoms with Gasteiger partial charge in [0.1, 0.15) is 0 Å². The predicted octanol–water partition coefficient (Wildman–Crippen LogP) is 2.68. The standard InChI is InChI=1S/C14H17ClN2O4/c1-8-7-21-9(2)6-17(8)14(20)16-12-4-10(13(18)19)3-11(15)5-12/h3-5,8-9H,6-7H2,1-2H3,(H,16,20)(H,18,19). The molecule has 1 aromatic rings. The number of hydrogen-bond acceptors (Lipinski definition) is 3. The summed E-state index contributed by atoms with van der Waals surface area (Å²) in [7, 11) is 0. The van der Waals surface area contributed by atoms with Crippen LogP contribution in [-0.4, -0.2) is 47.3 Å². The molecule has 1 saturated heterocycles. The highest BCUT2D eigenvalue weighted by Gasteiger charge is 2.27. The van der Waals surface area contributed by atoms with Crippen molar-refractivity contribution < 1.29 is 19.4 Å². The number of amides is 2. The van der Waals surface area contributed by atoms with E-state index < -0.39 is 5.97 Å². The molecule has 1 aliphatic heterocycles. The normalized spacial score (nSPS) is 22.0. The molecule has 0 bridgehead atoms. The lowest BCUT2D eigenvalue weighted by molar-refractivity contribution is -0.0296. The molecular weight excluding hydrogens is 296 g/mol. The number of halogens is 1. The molecule has 1 aromatic carbocycles. The number of carboxylic acid groups (broad SMARTS) is 1. The Morgan fingerprint density at radius 2 is 2.10 bits per heavy atom. The number of nitrogens with one attached hydrogen (secondary N) is 1. The molecule has 114 valence electrons. The summed E-state index contributed by atoms with van der Waals surface area (Å²) < 4.78 is 5.47. The molecule has 7 heteroatoms. The number of carbonyl (C=O) groups is 2. The number of benzene rings is 1. The topological polar surface area (TPSA) is 78.9 Å². The highest BCUT2D eigenvalue weighted by atomic mass is 35.5. The second-order valence-electron chi connectivity index (χ2n) is 5.11. The van der Waals surface area contributed by atoms with Gasteiger partial charge in [0.15, 0.2) is 0 Å². The smallest absolute Gasteiger partial charge is 0.335 e. The molecule has 2 unspecified atom stereocenters. The third kappa shape index (κ3) is 3.86. The second kappa shape index (κ2) is 6.32. The first-order chi connectivity index (χ1) is 9.86. The molecule has 2 rings (SSSR count). The van der Waals surface area contributed by atoms with Gasteiger partial charge in [-0.2, -0.15) is 0 Å². The zero-order valence-corrected chi connectivity index (χ0v) is 12.6. The fraction of sp³-hybridized carbons (Fsp3) is 0.429. The van der Waals surface area contributed by atoms with Crippen molar-refractivity contribution in [3.8, 4) is 0 Å². The largest absolute Gasteiger partial charge is 0.478 e. The Morgan fingerprint density at radius 3 is 2.76 bits per heavy atom. The first kappa shape index (κ1) is 15.6. The first-order valence-electron chi connectivity index (χ1n) is 6.60. The van der Waals surface area contributed by atoms with Crippen molar-refractivity contribution in [2.24, 2.45) is 0 Å². The monoisotopic (exact) mass is 312 g/mol. The highest BCUT2D eigenvalue weighted by molar-refractivity contribution is 6.31. The van der Waals surface area contributed by atoms with Crippen LogP contribution in [0.3, 0.4) is 0 Å². The van der Waals surface area contributed by atoms with Gasteiger partial charge in [0.2, 0.25) is 0 Å². The van der Waals surface area contributed by atoms with Crippen LogP contribution in [0.5, 0.6) is 0 Å². The molecule has 0 aliphatic carbocycles. The lowest BCUT2D eigenvalue weighted by atomic mass is 10.2. The van der Waals surface area contributed by atoms with E-state index in [0.29, 0.717) is 18.8 Å². The molecule has 1 fully saturated rings. The van der Waals surface area contributed by atoms with Crippen LogP contribution in [0.15, 0.2) is 18.2 Å². The Bertz CT molecular complexity index is 564. The van der Waals surface area contributed by atoms with Crippen molar-refractivity contribution in [3.63, 3.8) is 0 Å². The fourth-order valence-electron chi connectivity index (χ4n) is 2.17. The number of carboxylic acids is 1. The van der Waals surface area contributed by atoms with E-state index in [0.717, 1.165) is 0 Å². The maximum absolute atomic E-state index is 12.3. The van der Waals surface area contributed by atoms with Crippen LogP contribution < -0.4 is 5.32 Å². The third-order valence-corrected chi connectivity index (χ3v) is 3.48. The van der Waals surface area contributed by atoms with Gasteiger partial charge < -0.3 is 20.1 Å². The van der Waals surface area contributed by atoms with E-state index in [1.165, 1.54) is 18.2 Å². The summed E-state index contributed by atoms with van der Waals surface area (Å²) in [6, 6.07) is 3.88. The van der Waals surface area contributed by atoms with Gasteiger partial charge in [-0.15, -0.1) is 0 Å². The SMILES string of the molecule is CC1CN(C(=O)Nc2cc(Cl)cc(C(=O)O)c2)C(C)CO1. The summed E-state index contributed by atoms with van der Waals surface area (Å²) in [6.45, 7) is 4.75. The van der Waals surface area contributed by atoms with Crippen molar-refractivity contribution in [1.82, 2.24) is 4.90 Å². The van der Waals surface area contributed by atoms with Gasteiger partial charge in [-0.1, -0.05) is 11.6 Å². The molecule has 0 saturated carbocycles. The van der Waals surface area contributed by atoms with Crippen molar-refractivity contribution in [3.05, 3.63) is 28.8 Å². The molecule has 2 amide bonds. The molecule has 2 N–H and O–H groups in total. The summed E-state index contributed by atoms with van der Waals surface area (Å²) >= 11 is 5.87. The molecule has 0 aromatic heterocycles. The van der Waals surface area contributed by atoms with Crippen LogP contribution in [0, 0.1) is 0 Å². The zero-order valence-electron chi connectivity index (χ0n) is 11.8. The lowest BCUT2D eigenvalue weighted by Crippen LogP contribution is -2.51. The lowest BCUT2D eigenvalue weighted by Gasteiger charge is -2.36. The number of nitrogens with zero attached hydrogens (tertiary/aromatic N) is 1. The van der Waals surface area contributed by atoms with Crippen molar-refractivity contribution in [1.29, 1.82) is 0 Å². The minimum atomic E-state index is -1.10. The number of ether oxygens (including phenoxy) is 1.